The Kier molecular flexibility index (Phi) is 5.88. The van der Waals surface area contributed by atoms with Gasteiger partial charge in [-0.1, -0.05) is 109 Å². The third-order valence-electron chi connectivity index (χ3n) is 9.14. The molecule has 2 heterocycles. The molecule has 0 aliphatic rings. The maximum absolute atomic E-state index is 9.42. The molecule has 7 aromatic carbocycles. The summed E-state index contributed by atoms with van der Waals surface area (Å²) in [7, 11) is 0. The standard InChI is InChI=1S/C43H27N3/c44-28-29-21-23-30(24-22-29)34-11-1-2-12-35(34)31-25-32(45-40-17-7-3-13-36(40)37-14-4-8-18-41(37)45)27-33(26-31)46-42-19-9-5-15-38(42)39-16-6-10-20-43(39)46/h1-27H. The lowest BCUT2D eigenvalue weighted by Gasteiger charge is -2.17. The van der Waals surface area contributed by atoms with Gasteiger partial charge in [0.1, 0.15) is 0 Å². The molecular formula is C43H27N3. The summed E-state index contributed by atoms with van der Waals surface area (Å²) in [6.07, 6.45) is 0. The van der Waals surface area contributed by atoms with Gasteiger partial charge >= 0.3 is 0 Å². The minimum Gasteiger partial charge on any atom is -0.309 e. The van der Waals surface area contributed by atoms with Gasteiger partial charge in [-0.15, -0.1) is 0 Å². The zero-order chi connectivity index (χ0) is 30.6. The van der Waals surface area contributed by atoms with Gasteiger partial charge in [0.15, 0.2) is 0 Å². The van der Waals surface area contributed by atoms with E-state index in [1.165, 1.54) is 43.6 Å². The lowest BCUT2D eigenvalue weighted by atomic mass is 9.93. The number of rotatable bonds is 4. The fraction of sp³-hybridized carbons (Fsp3) is 0. The molecule has 46 heavy (non-hydrogen) atoms. The summed E-state index contributed by atoms with van der Waals surface area (Å²) in [4.78, 5) is 0. The Morgan fingerprint density at radius 1 is 0.370 bits per heavy atom. The minimum absolute atomic E-state index is 0.656. The number of nitriles is 1. The van der Waals surface area contributed by atoms with Crippen LogP contribution >= 0.6 is 0 Å². The molecule has 9 aromatic rings. The first kappa shape index (κ1) is 26.1. The highest BCUT2D eigenvalue weighted by molar-refractivity contribution is 6.10. The Bertz CT molecular complexity index is 2410. The van der Waals surface area contributed by atoms with Gasteiger partial charge in [-0.3, -0.25) is 0 Å². The van der Waals surface area contributed by atoms with E-state index in [2.05, 4.69) is 155 Å². The van der Waals surface area contributed by atoms with E-state index < -0.39 is 0 Å². The van der Waals surface area contributed by atoms with Gasteiger partial charge in [0.05, 0.1) is 33.7 Å². The molecule has 0 amide bonds. The molecular weight excluding hydrogens is 558 g/mol. The van der Waals surface area contributed by atoms with Gasteiger partial charge in [0.2, 0.25) is 0 Å². The first-order chi connectivity index (χ1) is 22.8. The van der Waals surface area contributed by atoms with Crippen molar-refractivity contribution in [3.8, 4) is 39.7 Å². The van der Waals surface area contributed by atoms with Crippen LogP contribution in [0.5, 0.6) is 0 Å². The van der Waals surface area contributed by atoms with E-state index >= 15 is 0 Å². The van der Waals surface area contributed by atoms with Crippen molar-refractivity contribution in [1.82, 2.24) is 9.13 Å². The van der Waals surface area contributed by atoms with Crippen LogP contribution in [0.25, 0.3) is 77.2 Å². The first-order valence-electron chi connectivity index (χ1n) is 15.5. The van der Waals surface area contributed by atoms with Crippen LogP contribution in [0.15, 0.2) is 164 Å². The van der Waals surface area contributed by atoms with E-state index in [1.54, 1.807) is 0 Å². The van der Waals surface area contributed by atoms with Crippen molar-refractivity contribution in [2.75, 3.05) is 0 Å². The normalized spacial score (nSPS) is 11.5. The van der Waals surface area contributed by atoms with Crippen molar-refractivity contribution < 1.29 is 0 Å². The Morgan fingerprint density at radius 2 is 0.739 bits per heavy atom. The zero-order valence-electron chi connectivity index (χ0n) is 24.9. The van der Waals surface area contributed by atoms with Gasteiger partial charge in [-0.2, -0.15) is 5.26 Å². The molecule has 0 atom stereocenters. The third kappa shape index (κ3) is 3.98. The number of hydrogen-bond donors (Lipinski definition) is 0. The Balaban J connectivity index is 1.39. The predicted octanol–water partition coefficient (Wildman–Crippen LogP) is 11.1. The number of aromatic nitrogens is 2. The summed E-state index contributed by atoms with van der Waals surface area (Å²) >= 11 is 0. The molecule has 0 saturated heterocycles. The largest absolute Gasteiger partial charge is 0.309 e. The lowest BCUT2D eigenvalue weighted by Crippen LogP contribution is -2.00. The van der Waals surface area contributed by atoms with Crippen LogP contribution in [0.3, 0.4) is 0 Å². The van der Waals surface area contributed by atoms with Crippen LogP contribution in [0.2, 0.25) is 0 Å². The van der Waals surface area contributed by atoms with Crippen molar-refractivity contribution >= 4 is 43.6 Å². The SMILES string of the molecule is N#Cc1ccc(-c2ccccc2-c2cc(-n3c4ccccc4c4ccccc43)cc(-n3c4ccccc4c4ccccc43)c2)cc1. The smallest absolute Gasteiger partial charge is 0.0991 e. The molecule has 0 radical (unpaired) electrons. The van der Waals surface area contributed by atoms with Gasteiger partial charge in [0.25, 0.3) is 0 Å². The topological polar surface area (TPSA) is 33.6 Å². The van der Waals surface area contributed by atoms with Crippen LogP contribution < -0.4 is 0 Å². The maximum Gasteiger partial charge on any atom is 0.0991 e. The van der Waals surface area contributed by atoms with E-state index in [4.69, 9.17) is 0 Å². The van der Waals surface area contributed by atoms with Crippen molar-refractivity contribution in [2.24, 2.45) is 0 Å². The average molecular weight is 586 g/mol. The molecule has 0 N–H and O–H groups in total. The van der Waals surface area contributed by atoms with E-state index in [1.807, 2.05) is 24.3 Å². The third-order valence-corrected chi connectivity index (χ3v) is 9.14. The zero-order valence-corrected chi connectivity index (χ0v) is 24.9. The van der Waals surface area contributed by atoms with Gasteiger partial charge in [0, 0.05) is 32.9 Å². The van der Waals surface area contributed by atoms with Crippen molar-refractivity contribution in [1.29, 1.82) is 5.26 Å². The van der Waals surface area contributed by atoms with Crippen LogP contribution in [-0.4, -0.2) is 9.13 Å². The summed E-state index contributed by atoms with van der Waals surface area (Å²) < 4.78 is 4.80. The van der Waals surface area contributed by atoms with Gasteiger partial charge < -0.3 is 9.13 Å². The van der Waals surface area contributed by atoms with Crippen LogP contribution in [0.1, 0.15) is 5.56 Å². The van der Waals surface area contributed by atoms with E-state index in [0.717, 1.165) is 33.6 Å². The molecule has 0 bridgehead atoms. The number of para-hydroxylation sites is 4. The molecule has 0 unspecified atom stereocenters. The van der Waals surface area contributed by atoms with E-state index in [0.29, 0.717) is 5.56 Å². The van der Waals surface area contributed by atoms with Crippen LogP contribution in [-0.2, 0) is 0 Å². The number of hydrogen-bond acceptors (Lipinski definition) is 1. The van der Waals surface area contributed by atoms with Crippen molar-refractivity contribution in [3.63, 3.8) is 0 Å². The molecule has 3 nitrogen and oxygen atoms in total. The van der Waals surface area contributed by atoms with E-state index in [-0.39, 0.29) is 0 Å². The summed E-state index contributed by atoms with van der Waals surface area (Å²) in [6.45, 7) is 0. The molecule has 0 aliphatic carbocycles. The Hall–Kier alpha value is -6.37. The van der Waals surface area contributed by atoms with Crippen molar-refractivity contribution in [3.05, 3.63) is 169 Å². The summed E-state index contributed by atoms with van der Waals surface area (Å²) in [5.41, 5.74) is 12.0. The molecule has 214 valence electrons. The van der Waals surface area contributed by atoms with Gasteiger partial charge in [-0.25, -0.2) is 0 Å². The molecule has 0 spiro atoms. The first-order valence-corrected chi connectivity index (χ1v) is 15.5. The second-order valence-corrected chi connectivity index (χ2v) is 11.7. The minimum atomic E-state index is 0.656. The quantitative estimate of drug-likeness (QED) is 0.202. The number of fused-ring (bicyclic) bond motifs is 6. The molecule has 9 rings (SSSR count). The number of benzene rings is 7. The Morgan fingerprint density at radius 3 is 1.15 bits per heavy atom. The highest BCUT2D eigenvalue weighted by atomic mass is 15.0. The van der Waals surface area contributed by atoms with Crippen LogP contribution in [0.4, 0.5) is 0 Å². The number of nitrogens with zero attached hydrogens (tertiary/aromatic N) is 3. The van der Waals surface area contributed by atoms with Gasteiger partial charge in [-0.05, 0) is 76.9 Å². The fourth-order valence-electron chi connectivity index (χ4n) is 7.12. The maximum atomic E-state index is 9.42. The molecule has 0 aliphatic heterocycles. The second-order valence-electron chi connectivity index (χ2n) is 11.7. The molecule has 0 saturated carbocycles. The summed E-state index contributed by atoms with van der Waals surface area (Å²) in [6, 6.07) is 60.3. The highest BCUT2D eigenvalue weighted by Gasteiger charge is 2.18. The summed E-state index contributed by atoms with van der Waals surface area (Å²) in [5, 5.41) is 14.4. The lowest BCUT2D eigenvalue weighted by molar-refractivity contribution is 1.13. The average Bonchev–Trinajstić information content (AvgIpc) is 3.65. The predicted molar refractivity (Wildman–Crippen MR) is 191 cm³/mol. The molecule has 0 fully saturated rings. The van der Waals surface area contributed by atoms with E-state index in [9.17, 15) is 5.26 Å². The second kappa shape index (κ2) is 10.4. The Labute approximate surface area is 266 Å². The monoisotopic (exact) mass is 585 g/mol. The molecule has 3 heteroatoms. The van der Waals surface area contributed by atoms with Crippen LogP contribution in [0, 0.1) is 11.3 Å². The highest BCUT2D eigenvalue weighted by Crippen LogP contribution is 2.39. The molecule has 2 aromatic heterocycles. The fourth-order valence-corrected chi connectivity index (χ4v) is 7.12. The summed E-state index contributed by atoms with van der Waals surface area (Å²) in [5.74, 6) is 0. The van der Waals surface area contributed by atoms with Crippen molar-refractivity contribution in [2.45, 2.75) is 0 Å².